The van der Waals surface area contributed by atoms with E-state index in [1.807, 2.05) is 0 Å². The SMILES string of the molecule is Cc1cc(C)cc(-c2[nH]c3sc(C(C)(C)C(=O)N4CCCC5CCC54)cc3c2CCNCCCN)c1. The van der Waals surface area contributed by atoms with Crippen LogP contribution in [0.5, 0.6) is 0 Å². The van der Waals surface area contributed by atoms with Crippen molar-refractivity contribution in [2.45, 2.75) is 77.7 Å². The number of carbonyl (C=O) groups excluding carboxylic acids is 1. The van der Waals surface area contributed by atoms with Gasteiger partial charge >= 0.3 is 0 Å². The van der Waals surface area contributed by atoms with Crippen molar-refractivity contribution in [2.24, 2.45) is 11.7 Å². The number of likely N-dealkylation sites (tertiary alicyclic amines) is 1. The first kappa shape index (κ1) is 25.5. The van der Waals surface area contributed by atoms with Crippen LogP contribution in [0, 0.1) is 19.8 Å². The maximum Gasteiger partial charge on any atom is 0.233 e. The molecule has 1 saturated carbocycles. The summed E-state index contributed by atoms with van der Waals surface area (Å²) in [5.74, 6) is 1.04. The van der Waals surface area contributed by atoms with Crippen molar-refractivity contribution < 1.29 is 4.79 Å². The molecule has 1 aliphatic heterocycles. The number of piperidine rings is 1. The monoisotopic (exact) mass is 506 g/mol. The summed E-state index contributed by atoms with van der Waals surface area (Å²) < 4.78 is 0. The Bertz CT molecular complexity index is 1220. The van der Waals surface area contributed by atoms with Crippen molar-refractivity contribution in [2.75, 3.05) is 26.2 Å². The van der Waals surface area contributed by atoms with E-state index in [1.54, 1.807) is 11.3 Å². The van der Waals surface area contributed by atoms with Crippen LogP contribution in [-0.2, 0) is 16.6 Å². The van der Waals surface area contributed by atoms with Crippen LogP contribution in [-0.4, -0.2) is 48.0 Å². The van der Waals surface area contributed by atoms with Crippen LogP contribution in [0.25, 0.3) is 21.5 Å². The van der Waals surface area contributed by atoms with Gasteiger partial charge in [-0.25, -0.2) is 0 Å². The molecule has 0 bridgehead atoms. The van der Waals surface area contributed by atoms with E-state index in [9.17, 15) is 4.79 Å². The van der Waals surface area contributed by atoms with E-state index in [4.69, 9.17) is 5.73 Å². The van der Waals surface area contributed by atoms with Gasteiger partial charge in [0.05, 0.1) is 11.1 Å². The van der Waals surface area contributed by atoms with Crippen LogP contribution in [0.15, 0.2) is 24.3 Å². The highest BCUT2D eigenvalue weighted by molar-refractivity contribution is 7.19. The summed E-state index contributed by atoms with van der Waals surface area (Å²) in [7, 11) is 0. The van der Waals surface area contributed by atoms with Gasteiger partial charge in [-0.2, -0.15) is 0 Å². The third-order valence-corrected chi connectivity index (χ3v) is 9.75. The summed E-state index contributed by atoms with van der Waals surface area (Å²) >= 11 is 1.76. The van der Waals surface area contributed by atoms with E-state index in [1.165, 1.54) is 62.3 Å². The highest BCUT2D eigenvalue weighted by Gasteiger charge is 2.45. The summed E-state index contributed by atoms with van der Waals surface area (Å²) in [4.78, 5) is 22.2. The van der Waals surface area contributed by atoms with Gasteiger partial charge in [-0.3, -0.25) is 4.79 Å². The molecular formula is C30H42N4OS. The molecule has 0 radical (unpaired) electrons. The lowest BCUT2D eigenvalue weighted by molar-refractivity contribution is -0.145. The standard InChI is InChI=1S/C30H42N4OS/c1-19-15-20(2)17-22(16-19)27-23(10-13-32-12-6-11-31)24-18-26(36-28(24)33-27)30(3,4)29(35)34-14-5-7-21-8-9-25(21)34/h15-18,21,25,32-33H,5-14,31H2,1-4H3. The Labute approximate surface area is 219 Å². The van der Waals surface area contributed by atoms with Crippen LogP contribution >= 0.6 is 11.3 Å². The molecular weight excluding hydrogens is 464 g/mol. The number of carbonyl (C=O) groups is 1. The number of aromatic amines is 1. The summed E-state index contributed by atoms with van der Waals surface area (Å²) in [6, 6.07) is 9.54. The molecule has 5 rings (SSSR count). The average molecular weight is 507 g/mol. The summed E-state index contributed by atoms with van der Waals surface area (Å²) in [6.07, 6.45) is 6.84. The van der Waals surface area contributed by atoms with Crippen LogP contribution in [0.1, 0.15) is 67.5 Å². The Morgan fingerprint density at radius 1 is 1.14 bits per heavy atom. The molecule has 2 unspecified atom stereocenters. The number of aromatic nitrogens is 1. The summed E-state index contributed by atoms with van der Waals surface area (Å²) in [5.41, 5.74) is 11.5. The second-order valence-electron chi connectivity index (χ2n) is 11.5. The first-order valence-corrected chi connectivity index (χ1v) is 14.6. The molecule has 6 heteroatoms. The van der Waals surface area contributed by atoms with Crippen LogP contribution < -0.4 is 11.1 Å². The van der Waals surface area contributed by atoms with Gasteiger partial charge in [-0.15, -0.1) is 11.3 Å². The van der Waals surface area contributed by atoms with E-state index >= 15 is 0 Å². The van der Waals surface area contributed by atoms with E-state index in [2.05, 4.69) is 67.2 Å². The van der Waals surface area contributed by atoms with E-state index in [0.29, 0.717) is 18.5 Å². The number of nitrogens with one attached hydrogen (secondary N) is 2. The second kappa shape index (κ2) is 10.3. The molecule has 1 saturated heterocycles. The van der Waals surface area contributed by atoms with Crippen molar-refractivity contribution in [1.29, 1.82) is 0 Å². The van der Waals surface area contributed by atoms with E-state index in [0.717, 1.165) is 44.8 Å². The minimum Gasteiger partial charge on any atom is -0.346 e. The summed E-state index contributed by atoms with van der Waals surface area (Å²) in [5, 5.41) is 4.82. The van der Waals surface area contributed by atoms with Gasteiger partial charge in [-0.05, 0) is 121 Å². The molecule has 2 aromatic heterocycles. The number of H-pyrrole nitrogens is 1. The lowest BCUT2D eigenvalue weighted by Crippen LogP contribution is -2.57. The van der Waals surface area contributed by atoms with Crippen molar-refractivity contribution in [3.05, 3.63) is 45.8 Å². The van der Waals surface area contributed by atoms with Gasteiger partial charge in [-0.1, -0.05) is 17.2 Å². The topological polar surface area (TPSA) is 74.2 Å². The zero-order valence-corrected chi connectivity index (χ0v) is 23.2. The first-order valence-electron chi connectivity index (χ1n) is 13.7. The molecule has 4 N–H and O–H groups in total. The Morgan fingerprint density at radius 2 is 1.92 bits per heavy atom. The molecule has 2 aliphatic rings. The Balaban J connectivity index is 1.47. The zero-order chi connectivity index (χ0) is 25.4. The second-order valence-corrected chi connectivity index (χ2v) is 12.6. The highest BCUT2D eigenvalue weighted by atomic mass is 32.1. The minimum absolute atomic E-state index is 0.306. The molecule has 0 spiro atoms. The highest BCUT2D eigenvalue weighted by Crippen LogP contribution is 2.44. The molecule has 3 aromatic rings. The molecule has 194 valence electrons. The quantitative estimate of drug-likeness (QED) is 0.327. The Morgan fingerprint density at radius 3 is 2.61 bits per heavy atom. The van der Waals surface area contributed by atoms with Crippen molar-refractivity contribution >= 4 is 27.5 Å². The Kier molecular flexibility index (Phi) is 7.30. The third-order valence-electron chi connectivity index (χ3n) is 8.38. The number of nitrogens with zero attached hydrogens (tertiary/aromatic N) is 1. The maximum absolute atomic E-state index is 13.8. The van der Waals surface area contributed by atoms with Crippen molar-refractivity contribution in [3.63, 3.8) is 0 Å². The normalized spacial score (nSPS) is 20.0. The molecule has 2 atom stereocenters. The van der Waals surface area contributed by atoms with Gasteiger partial charge < -0.3 is 20.9 Å². The third kappa shape index (κ3) is 4.75. The van der Waals surface area contributed by atoms with Gasteiger partial charge in [0.1, 0.15) is 4.83 Å². The van der Waals surface area contributed by atoms with E-state index in [-0.39, 0.29) is 0 Å². The van der Waals surface area contributed by atoms with Crippen molar-refractivity contribution in [3.8, 4) is 11.3 Å². The fourth-order valence-electron chi connectivity index (χ4n) is 6.23. The van der Waals surface area contributed by atoms with Crippen molar-refractivity contribution in [1.82, 2.24) is 15.2 Å². The molecule has 1 aliphatic carbocycles. The number of rotatable bonds is 9. The number of amides is 1. The molecule has 1 aromatic carbocycles. The molecule has 1 amide bonds. The molecule has 5 nitrogen and oxygen atoms in total. The fourth-order valence-corrected chi connectivity index (χ4v) is 7.42. The molecule has 2 fully saturated rings. The number of thiophene rings is 1. The fraction of sp³-hybridized carbons (Fsp3) is 0.567. The maximum atomic E-state index is 13.8. The average Bonchev–Trinajstić information content (AvgIpc) is 3.38. The van der Waals surface area contributed by atoms with Gasteiger partial charge in [0.2, 0.25) is 5.91 Å². The lowest BCUT2D eigenvalue weighted by atomic mass is 9.72. The molecule has 36 heavy (non-hydrogen) atoms. The largest absolute Gasteiger partial charge is 0.346 e. The first-order chi connectivity index (χ1) is 17.3. The van der Waals surface area contributed by atoms with Gasteiger partial charge in [0, 0.05) is 22.8 Å². The number of aryl methyl sites for hydroxylation is 2. The number of nitrogens with two attached hydrogens (primary N) is 1. The van der Waals surface area contributed by atoms with E-state index < -0.39 is 5.41 Å². The smallest absolute Gasteiger partial charge is 0.233 e. The number of hydrogen-bond donors (Lipinski definition) is 3. The lowest BCUT2D eigenvalue weighted by Gasteiger charge is -2.50. The Hall–Kier alpha value is -2.15. The van der Waals surface area contributed by atoms with Gasteiger partial charge in [0.25, 0.3) is 0 Å². The molecule has 3 heterocycles. The predicted octanol–water partition coefficient (Wildman–Crippen LogP) is 5.67. The minimum atomic E-state index is -0.515. The van der Waals surface area contributed by atoms with Crippen LogP contribution in [0.3, 0.4) is 0 Å². The number of hydrogen-bond acceptors (Lipinski definition) is 4. The van der Waals surface area contributed by atoms with Gasteiger partial charge in [0.15, 0.2) is 0 Å². The summed E-state index contributed by atoms with van der Waals surface area (Å²) in [6.45, 7) is 12.1. The van der Waals surface area contributed by atoms with Crippen LogP contribution in [0.4, 0.5) is 0 Å². The van der Waals surface area contributed by atoms with Crippen LogP contribution in [0.2, 0.25) is 0 Å². The predicted molar refractivity (Wildman–Crippen MR) is 152 cm³/mol. The number of benzene rings is 1. The number of fused-ring (bicyclic) bond motifs is 2. The zero-order valence-electron chi connectivity index (χ0n) is 22.4.